The topological polar surface area (TPSA) is 50.0 Å². The SMILES string of the molecule is CN=C(NCCc1ccco1)N(C)CCOc1ccccc1. The molecule has 5 heteroatoms. The van der Waals surface area contributed by atoms with Crippen LogP contribution in [0.25, 0.3) is 0 Å². The van der Waals surface area contributed by atoms with Crippen LogP contribution in [0.4, 0.5) is 0 Å². The third-order valence-corrected chi connectivity index (χ3v) is 3.25. The van der Waals surface area contributed by atoms with Gasteiger partial charge in [-0.2, -0.15) is 0 Å². The van der Waals surface area contributed by atoms with E-state index in [-0.39, 0.29) is 0 Å². The summed E-state index contributed by atoms with van der Waals surface area (Å²) >= 11 is 0. The molecule has 5 nitrogen and oxygen atoms in total. The van der Waals surface area contributed by atoms with Crippen LogP contribution in [-0.4, -0.2) is 44.7 Å². The monoisotopic (exact) mass is 301 g/mol. The maximum Gasteiger partial charge on any atom is 0.193 e. The molecular weight excluding hydrogens is 278 g/mol. The molecule has 0 atom stereocenters. The average molecular weight is 301 g/mol. The molecule has 1 aromatic carbocycles. The van der Waals surface area contributed by atoms with Crippen LogP contribution in [0.2, 0.25) is 0 Å². The highest BCUT2D eigenvalue weighted by Crippen LogP contribution is 2.07. The highest BCUT2D eigenvalue weighted by Gasteiger charge is 2.06. The Morgan fingerprint density at radius 2 is 2.05 bits per heavy atom. The van der Waals surface area contributed by atoms with E-state index in [4.69, 9.17) is 9.15 Å². The normalized spacial score (nSPS) is 11.3. The molecule has 0 spiro atoms. The number of likely N-dealkylation sites (N-methyl/N-ethyl adjacent to an activating group) is 1. The molecule has 1 aromatic heterocycles. The maximum absolute atomic E-state index is 5.70. The molecule has 0 saturated carbocycles. The number of guanidine groups is 1. The van der Waals surface area contributed by atoms with Crippen LogP contribution in [0, 0.1) is 0 Å². The van der Waals surface area contributed by atoms with Gasteiger partial charge in [-0.05, 0) is 24.3 Å². The van der Waals surface area contributed by atoms with Gasteiger partial charge >= 0.3 is 0 Å². The second kappa shape index (κ2) is 8.77. The summed E-state index contributed by atoms with van der Waals surface area (Å²) in [6.45, 7) is 2.15. The van der Waals surface area contributed by atoms with Gasteiger partial charge in [0.2, 0.25) is 0 Å². The lowest BCUT2D eigenvalue weighted by Crippen LogP contribution is -2.41. The number of nitrogens with zero attached hydrogens (tertiary/aromatic N) is 2. The first-order valence-electron chi connectivity index (χ1n) is 7.41. The van der Waals surface area contributed by atoms with E-state index in [0.717, 1.165) is 37.0 Å². The quantitative estimate of drug-likeness (QED) is 0.630. The van der Waals surface area contributed by atoms with Gasteiger partial charge < -0.3 is 19.4 Å². The summed E-state index contributed by atoms with van der Waals surface area (Å²) in [4.78, 5) is 6.32. The van der Waals surface area contributed by atoms with Gasteiger partial charge in [0.1, 0.15) is 18.1 Å². The van der Waals surface area contributed by atoms with E-state index in [1.165, 1.54) is 0 Å². The second-order valence-electron chi connectivity index (χ2n) is 4.89. The van der Waals surface area contributed by atoms with E-state index in [1.807, 2.05) is 54.4 Å². The minimum absolute atomic E-state index is 0.611. The first kappa shape index (κ1) is 15.9. The molecule has 0 fully saturated rings. The number of nitrogens with one attached hydrogen (secondary N) is 1. The Hall–Kier alpha value is -2.43. The molecule has 2 rings (SSSR count). The molecule has 118 valence electrons. The van der Waals surface area contributed by atoms with Crippen molar-refractivity contribution in [3.8, 4) is 5.75 Å². The zero-order chi connectivity index (χ0) is 15.6. The molecule has 0 aliphatic rings. The Kier molecular flexibility index (Phi) is 6.36. The number of rotatable bonds is 7. The lowest BCUT2D eigenvalue weighted by atomic mass is 10.3. The average Bonchev–Trinajstić information content (AvgIpc) is 3.06. The van der Waals surface area contributed by atoms with E-state index in [9.17, 15) is 0 Å². The summed E-state index contributed by atoms with van der Waals surface area (Å²) in [6.07, 6.45) is 2.53. The Morgan fingerprint density at radius 3 is 2.73 bits per heavy atom. The van der Waals surface area contributed by atoms with E-state index in [1.54, 1.807) is 13.3 Å². The minimum Gasteiger partial charge on any atom is -0.492 e. The van der Waals surface area contributed by atoms with E-state index >= 15 is 0 Å². The van der Waals surface area contributed by atoms with Gasteiger partial charge in [-0.3, -0.25) is 4.99 Å². The standard InChI is InChI=1S/C17H23N3O2/c1-18-17(19-11-10-16-9-6-13-21-16)20(2)12-14-22-15-7-4-3-5-8-15/h3-9,13H,10-12,14H2,1-2H3,(H,18,19). The molecule has 1 heterocycles. The van der Waals surface area contributed by atoms with Crippen LogP contribution < -0.4 is 10.1 Å². The molecule has 1 N–H and O–H groups in total. The van der Waals surface area contributed by atoms with Crippen LogP contribution >= 0.6 is 0 Å². The zero-order valence-corrected chi connectivity index (χ0v) is 13.2. The van der Waals surface area contributed by atoms with Gasteiger partial charge in [0.05, 0.1) is 12.8 Å². The summed E-state index contributed by atoms with van der Waals surface area (Å²) in [7, 11) is 3.78. The molecule has 2 aromatic rings. The number of aliphatic imine (C=N–C) groups is 1. The summed E-state index contributed by atoms with van der Waals surface area (Å²) in [5.74, 6) is 2.71. The van der Waals surface area contributed by atoms with Crippen molar-refractivity contribution in [2.45, 2.75) is 6.42 Å². The van der Waals surface area contributed by atoms with Crippen molar-refractivity contribution in [1.29, 1.82) is 0 Å². The minimum atomic E-state index is 0.611. The third kappa shape index (κ3) is 5.16. The van der Waals surface area contributed by atoms with Crippen LogP contribution in [-0.2, 0) is 6.42 Å². The first-order valence-corrected chi connectivity index (χ1v) is 7.41. The summed E-state index contributed by atoms with van der Waals surface area (Å²) in [5, 5.41) is 3.32. The lowest BCUT2D eigenvalue weighted by molar-refractivity contribution is 0.281. The molecule has 0 saturated heterocycles. The first-order chi connectivity index (χ1) is 10.8. The van der Waals surface area contributed by atoms with Gasteiger partial charge in [0, 0.05) is 27.1 Å². The number of hydrogen-bond acceptors (Lipinski definition) is 3. The van der Waals surface area contributed by atoms with E-state index in [2.05, 4.69) is 10.3 Å². The van der Waals surface area contributed by atoms with Crippen molar-refractivity contribution >= 4 is 5.96 Å². The van der Waals surface area contributed by atoms with Crippen molar-refractivity contribution in [3.05, 3.63) is 54.5 Å². The number of hydrogen-bond donors (Lipinski definition) is 1. The maximum atomic E-state index is 5.70. The predicted octanol–water partition coefficient (Wildman–Crippen LogP) is 2.41. The number of ether oxygens (including phenoxy) is 1. The fraction of sp³-hybridized carbons (Fsp3) is 0.353. The van der Waals surface area contributed by atoms with Gasteiger partial charge in [0.25, 0.3) is 0 Å². The highest BCUT2D eigenvalue weighted by molar-refractivity contribution is 5.79. The summed E-state index contributed by atoms with van der Waals surface area (Å²) in [6, 6.07) is 13.7. The van der Waals surface area contributed by atoms with Crippen LogP contribution in [0.3, 0.4) is 0 Å². The molecule has 0 radical (unpaired) electrons. The lowest BCUT2D eigenvalue weighted by Gasteiger charge is -2.22. The molecule has 0 unspecified atom stereocenters. The second-order valence-corrected chi connectivity index (χ2v) is 4.89. The summed E-state index contributed by atoms with van der Waals surface area (Å²) in [5.41, 5.74) is 0. The fourth-order valence-electron chi connectivity index (χ4n) is 2.06. The Morgan fingerprint density at radius 1 is 1.23 bits per heavy atom. The smallest absolute Gasteiger partial charge is 0.193 e. The number of furan rings is 1. The van der Waals surface area contributed by atoms with Gasteiger partial charge in [0.15, 0.2) is 5.96 Å². The molecule has 0 bridgehead atoms. The molecule has 0 aliphatic heterocycles. The Bertz CT molecular complexity index is 553. The Labute approximate surface area is 131 Å². The van der Waals surface area contributed by atoms with Crippen molar-refractivity contribution in [1.82, 2.24) is 10.2 Å². The zero-order valence-electron chi connectivity index (χ0n) is 13.2. The predicted molar refractivity (Wildman–Crippen MR) is 88.3 cm³/mol. The summed E-state index contributed by atoms with van der Waals surface area (Å²) < 4.78 is 11.0. The largest absolute Gasteiger partial charge is 0.492 e. The van der Waals surface area contributed by atoms with Gasteiger partial charge in [-0.15, -0.1) is 0 Å². The van der Waals surface area contributed by atoms with Gasteiger partial charge in [-0.1, -0.05) is 18.2 Å². The molecule has 0 amide bonds. The molecule has 0 aliphatic carbocycles. The van der Waals surface area contributed by atoms with Crippen LogP contribution in [0.15, 0.2) is 58.1 Å². The van der Waals surface area contributed by atoms with Gasteiger partial charge in [-0.25, -0.2) is 0 Å². The van der Waals surface area contributed by atoms with E-state index in [0.29, 0.717) is 6.61 Å². The Balaban J connectivity index is 1.68. The third-order valence-electron chi connectivity index (χ3n) is 3.25. The van der Waals surface area contributed by atoms with Crippen molar-refractivity contribution < 1.29 is 9.15 Å². The van der Waals surface area contributed by atoms with E-state index < -0.39 is 0 Å². The van der Waals surface area contributed by atoms with Crippen LogP contribution in [0.5, 0.6) is 5.75 Å². The highest BCUT2D eigenvalue weighted by atomic mass is 16.5. The van der Waals surface area contributed by atoms with Crippen molar-refractivity contribution in [3.63, 3.8) is 0 Å². The molecular formula is C17H23N3O2. The fourth-order valence-corrected chi connectivity index (χ4v) is 2.06. The van der Waals surface area contributed by atoms with Crippen LogP contribution in [0.1, 0.15) is 5.76 Å². The van der Waals surface area contributed by atoms with Crippen molar-refractivity contribution in [2.24, 2.45) is 4.99 Å². The molecule has 22 heavy (non-hydrogen) atoms. The number of benzene rings is 1. The number of para-hydroxylation sites is 1. The van der Waals surface area contributed by atoms with Crippen molar-refractivity contribution in [2.75, 3.05) is 33.8 Å².